The quantitative estimate of drug-likeness (QED) is 0.850. The van der Waals surface area contributed by atoms with E-state index < -0.39 is 0 Å². The molecule has 0 unspecified atom stereocenters. The number of rotatable bonds is 4. The molecule has 0 N–H and O–H groups in total. The molecule has 124 valence electrons. The maximum absolute atomic E-state index is 5.44. The van der Waals surface area contributed by atoms with Gasteiger partial charge in [-0.1, -0.05) is 5.21 Å². The van der Waals surface area contributed by atoms with Crippen LogP contribution in [-0.2, 0) is 30.9 Å². The summed E-state index contributed by atoms with van der Waals surface area (Å²) in [4.78, 5) is 4.94. The van der Waals surface area contributed by atoms with Crippen molar-refractivity contribution in [2.45, 2.75) is 32.6 Å². The highest BCUT2D eigenvalue weighted by molar-refractivity contribution is 7.07. The Balaban J connectivity index is 1.47. The van der Waals surface area contributed by atoms with Crippen LogP contribution in [0, 0.1) is 0 Å². The fourth-order valence-electron chi connectivity index (χ4n) is 3.33. The van der Waals surface area contributed by atoms with Gasteiger partial charge >= 0.3 is 0 Å². The lowest BCUT2D eigenvalue weighted by Crippen LogP contribution is -2.36. The molecule has 4 rings (SSSR count). The monoisotopic (exact) mass is 333 g/mol. The molecular weight excluding hydrogens is 310 g/mol. The minimum atomic E-state index is 0.827. The lowest BCUT2D eigenvalue weighted by Gasteiger charge is -2.26. The molecule has 7 heteroatoms. The fraction of sp³-hybridized carbons (Fsp3) is 0.625. The highest BCUT2D eigenvalue weighted by Crippen LogP contribution is 2.19. The number of hydrogen-bond donors (Lipinski definition) is 0. The van der Waals surface area contributed by atoms with Crippen molar-refractivity contribution in [2.75, 3.05) is 32.8 Å². The summed E-state index contributed by atoms with van der Waals surface area (Å²) in [5, 5.41) is 13.3. The average Bonchev–Trinajstić information content (AvgIpc) is 3.15. The van der Waals surface area contributed by atoms with Gasteiger partial charge in [0.2, 0.25) is 0 Å². The van der Waals surface area contributed by atoms with Crippen LogP contribution >= 0.6 is 11.3 Å². The number of aromatic nitrogens is 3. The third-order valence-electron chi connectivity index (χ3n) is 4.60. The smallest absolute Gasteiger partial charge is 0.101 e. The average molecular weight is 333 g/mol. The molecule has 2 aromatic rings. The molecule has 2 aromatic heterocycles. The van der Waals surface area contributed by atoms with Crippen molar-refractivity contribution in [3.63, 3.8) is 0 Å². The number of thiophene rings is 1. The largest absolute Gasteiger partial charge is 0.379 e. The molecule has 2 aliphatic rings. The Morgan fingerprint density at radius 1 is 1.09 bits per heavy atom. The lowest BCUT2D eigenvalue weighted by atomic mass is 10.2. The minimum absolute atomic E-state index is 0.827. The van der Waals surface area contributed by atoms with E-state index in [1.807, 2.05) is 0 Å². The van der Waals surface area contributed by atoms with Gasteiger partial charge in [-0.15, -0.1) is 5.10 Å². The van der Waals surface area contributed by atoms with Crippen LogP contribution in [0.5, 0.6) is 0 Å². The summed E-state index contributed by atoms with van der Waals surface area (Å²) in [6, 6.07) is 2.22. The van der Waals surface area contributed by atoms with Gasteiger partial charge in [-0.25, -0.2) is 4.68 Å². The number of aryl methyl sites for hydroxylation is 1. The van der Waals surface area contributed by atoms with E-state index in [2.05, 4.69) is 41.6 Å². The Kier molecular flexibility index (Phi) is 4.70. The second-order valence-corrected chi connectivity index (χ2v) is 7.07. The second-order valence-electron chi connectivity index (χ2n) is 6.29. The van der Waals surface area contributed by atoms with Gasteiger partial charge in [0.05, 0.1) is 18.9 Å². The lowest BCUT2D eigenvalue weighted by molar-refractivity contribution is 0.0334. The van der Waals surface area contributed by atoms with Gasteiger partial charge in [0.25, 0.3) is 0 Å². The van der Waals surface area contributed by atoms with Crippen LogP contribution < -0.4 is 0 Å². The molecule has 0 radical (unpaired) electrons. The Morgan fingerprint density at radius 3 is 2.83 bits per heavy atom. The molecule has 0 saturated carbocycles. The van der Waals surface area contributed by atoms with Gasteiger partial charge < -0.3 is 4.74 Å². The number of ether oxygens (including phenoxy) is 1. The summed E-state index contributed by atoms with van der Waals surface area (Å²) in [5.41, 5.74) is 3.85. The Labute approximate surface area is 140 Å². The molecule has 2 aliphatic heterocycles. The first-order chi connectivity index (χ1) is 11.4. The second kappa shape index (κ2) is 7.09. The van der Waals surface area contributed by atoms with Gasteiger partial charge in [0.1, 0.15) is 5.69 Å². The number of hydrogen-bond acceptors (Lipinski definition) is 6. The van der Waals surface area contributed by atoms with Crippen LogP contribution in [-0.4, -0.2) is 57.6 Å². The van der Waals surface area contributed by atoms with Crippen molar-refractivity contribution in [1.82, 2.24) is 24.8 Å². The first-order valence-corrected chi connectivity index (χ1v) is 9.27. The molecule has 0 bridgehead atoms. The molecule has 1 fully saturated rings. The standard InChI is InChI=1S/C16H23N5OS/c1-3-20(10-14-2-9-23-13-14)12-16-15(17-18-21(16)4-1)11-19-5-7-22-8-6-19/h2,9,13H,1,3-8,10-12H2. The molecule has 0 amide bonds. The highest BCUT2D eigenvalue weighted by atomic mass is 32.1. The van der Waals surface area contributed by atoms with Crippen molar-refractivity contribution >= 4 is 11.3 Å². The molecule has 0 spiro atoms. The van der Waals surface area contributed by atoms with Crippen LogP contribution in [0.3, 0.4) is 0 Å². The predicted molar refractivity (Wildman–Crippen MR) is 89.2 cm³/mol. The van der Waals surface area contributed by atoms with Crippen LogP contribution in [0.4, 0.5) is 0 Å². The summed E-state index contributed by atoms with van der Waals surface area (Å²) >= 11 is 1.77. The van der Waals surface area contributed by atoms with Crippen molar-refractivity contribution in [2.24, 2.45) is 0 Å². The molecule has 23 heavy (non-hydrogen) atoms. The first kappa shape index (κ1) is 15.3. The van der Waals surface area contributed by atoms with Crippen LogP contribution in [0.25, 0.3) is 0 Å². The summed E-state index contributed by atoms with van der Waals surface area (Å²) < 4.78 is 7.55. The summed E-state index contributed by atoms with van der Waals surface area (Å²) in [7, 11) is 0. The molecule has 4 heterocycles. The summed E-state index contributed by atoms with van der Waals surface area (Å²) in [5.74, 6) is 0. The number of morpholine rings is 1. The zero-order valence-corrected chi connectivity index (χ0v) is 14.2. The normalized spacial score (nSPS) is 20.3. The van der Waals surface area contributed by atoms with Gasteiger partial charge in [0.15, 0.2) is 0 Å². The van der Waals surface area contributed by atoms with Gasteiger partial charge in [0, 0.05) is 45.8 Å². The highest BCUT2D eigenvalue weighted by Gasteiger charge is 2.22. The summed E-state index contributed by atoms with van der Waals surface area (Å²) in [6.45, 7) is 8.60. The van der Waals surface area contributed by atoms with E-state index in [4.69, 9.17) is 4.74 Å². The zero-order chi connectivity index (χ0) is 15.5. The van der Waals surface area contributed by atoms with Crippen molar-refractivity contribution in [1.29, 1.82) is 0 Å². The van der Waals surface area contributed by atoms with E-state index in [1.54, 1.807) is 11.3 Å². The molecule has 0 aromatic carbocycles. The van der Waals surface area contributed by atoms with E-state index in [9.17, 15) is 0 Å². The Hall–Kier alpha value is -1.28. The maximum atomic E-state index is 5.44. The van der Waals surface area contributed by atoms with Crippen LogP contribution in [0.1, 0.15) is 23.4 Å². The zero-order valence-electron chi connectivity index (χ0n) is 13.4. The molecule has 0 atom stereocenters. The van der Waals surface area contributed by atoms with E-state index in [1.165, 1.54) is 11.3 Å². The molecule has 1 saturated heterocycles. The Bertz CT molecular complexity index is 620. The van der Waals surface area contributed by atoms with Crippen molar-refractivity contribution in [3.05, 3.63) is 33.8 Å². The predicted octanol–water partition coefficient (Wildman–Crippen LogP) is 1.58. The van der Waals surface area contributed by atoms with E-state index in [-0.39, 0.29) is 0 Å². The topological polar surface area (TPSA) is 46.4 Å². The van der Waals surface area contributed by atoms with Crippen LogP contribution in [0.2, 0.25) is 0 Å². The Morgan fingerprint density at radius 2 is 2.00 bits per heavy atom. The fourth-order valence-corrected chi connectivity index (χ4v) is 3.99. The molecule has 0 aliphatic carbocycles. The van der Waals surface area contributed by atoms with Crippen molar-refractivity contribution < 1.29 is 4.74 Å². The molecular formula is C16H23N5OS. The van der Waals surface area contributed by atoms with E-state index in [0.717, 1.165) is 71.1 Å². The van der Waals surface area contributed by atoms with Crippen molar-refractivity contribution in [3.8, 4) is 0 Å². The van der Waals surface area contributed by atoms with Gasteiger partial charge in [-0.3, -0.25) is 9.80 Å². The number of nitrogens with zero attached hydrogens (tertiary/aromatic N) is 5. The first-order valence-electron chi connectivity index (χ1n) is 8.33. The van der Waals surface area contributed by atoms with E-state index >= 15 is 0 Å². The number of fused-ring (bicyclic) bond motifs is 1. The maximum Gasteiger partial charge on any atom is 0.101 e. The minimum Gasteiger partial charge on any atom is -0.379 e. The molecule has 6 nitrogen and oxygen atoms in total. The summed E-state index contributed by atoms with van der Waals surface area (Å²) in [6.07, 6.45) is 1.14. The van der Waals surface area contributed by atoms with Gasteiger partial charge in [-0.2, -0.15) is 11.3 Å². The van der Waals surface area contributed by atoms with Gasteiger partial charge in [-0.05, 0) is 28.8 Å². The third-order valence-corrected chi connectivity index (χ3v) is 5.33. The third kappa shape index (κ3) is 3.63. The van der Waals surface area contributed by atoms with Crippen LogP contribution in [0.15, 0.2) is 16.8 Å². The van der Waals surface area contributed by atoms with E-state index in [0.29, 0.717) is 0 Å². The SMILES string of the molecule is c1cc(CN2CCCn3nnc(CN4CCOCC4)c3C2)cs1.